The minimum atomic E-state index is -0.278. The fourth-order valence-electron chi connectivity index (χ4n) is 0.980. The SMILES string of the molecule is CCN(C(N)=O)C1CC1. The van der Waals surface area contributed by atoms with Gasteiger partial charge in [0, 0.05) is 12.6 Å². The van der Waals surface area contributed by atoms with Gasteiger partial charge in [0.05, 0.1) is 0 Å². The van der Waals surface area contributed by atoms with Crippen molar-refractivity contribution >= 4 is 6.03 Å². The van der Waals surface area contributed by atoms with Gasteiger partial charge in [0.1, 0.15) is 0 Å². The third-order valence-electron chi connectivity index (χ3n) is 1.61. The van der Waals surface area contributed by atoms with E-state index < -0.39 is 0 Å². The van der Waals surface area contributed by atoms with E-state index in [1.807, 2.05) is 6.92 Å². The molecule has 0 radical (unpaired) electrons. The van der Waals surface area contributed by atoms with Gasteiger partial charge in [0.15, 0.2) is 0 Å². The lowest BCUT2D eigenvalue weighted by molar-refractivity contribution is 0.208. The number of hydrogen-bond acceptors (Lipinski definition) is 1. The van der Waals surface area contributed by atoms with E-state index in [1.165, 1.54) is 0 Å². The molecule has 0 aromatic carbocycles. The average Bonchev–Trinajstić information content (AvgIpc) is 2.50. The van der Waals surface area contributed by atoms with Crippen molar-refractivity contribution < 1.29 is 4.79 Å². The maximum atomic E-state index is 10.6. The summed E-state index contributed by atoms with van der Waals surface area (Å²) in [6, 6.07) is 0.187. The van der Waals surface area contributed by atoms with Crippen molar-refractivity contribution in [2.75, 3.05) is 6.54 Å². The third-order valence-corrected chi connectivity index (χ3v) is 1.61. The minimum Gasteiger partial charge on any atom is -0.351 e. The molecule has 1 rings (SSSR count). The Hall–Kier alpha value is -0.730. The Morgan fingerprint density at radius 2 is 2.33 bits per heavy atom. The maximum Gasteiger partial charge on any atom is 0.315 e. The van der Waals surface area contributed by atoms with Crippen LogP contribution in [0.1, 0.15) is 19.8 Å². The molecule has 0 heterocycles. The van der Waals surface area contributed by atoms with Crippen molar-refractivity contribution in [2.45, 2.75) is 25.8 Å². The van der Waals surface area contributed by atoms with Gasteiger partial charge in [0.25, 0.3) is 0 Å². The largest absolute Gasteiger partial charge is 0.351 e. The van der Waals surface area contributed by atoms with Crippen LogP contribution < -0.4 is 5.73 Å². The summed E-state index contributed by atoms with van der Waals surface area (Å²) in [5, 5.41) is 0. The highest BCUT2D eigenvalue weighted by atomic mass is 16.2. The predicted octanol–water partition coefficient (Wildman–Crippen LogP) is 0.549. The van der Waals surface area contributed by atoms with Gasteiger partial charge >= 0.3 is 6.03 Å². The first-order chi connectivity index (χ1) is 4.25. The Kier molecular flexibility index (Phi) is 1.60. The monoisotopic (exact) mass is 128 g/mol. The first-order valence-corrected chi connectivity index (χ1v) is 3.31. The van der Waals surface area contributed by atoms with E-state index in [0.29, 0.717) is 6.04 Å². The second-order valence-electron chi connectivity index (χ2n) is 2.36. The molecule has 0 bridgehead atoms. The zero-order valence-electron chi connectivity index (χ0n) is 5.63. The Morgan fingerprint density at radius 1 is 1.78 bits per heavy atom. The molecule has 1 saturated carbocycles. The van der Waals surface area contributed by atoms with Crippen LogP contribution in [0.3, 0.4) is 0 Å². The van der Waals surface area contributed by atoms with Crippen LogP contribution in [0.15, 0.2) is 0 Å². The summed E-state index contributed by atoms with van der Waals surface area (Å²) >= 11 is 0. The lowest BCUT2D eigenvalue weighted by atomic mass is 10.5. The Balaban J connectivity index is 2.37. The molecular formula is C6H12N2O. The summed E-state index contributed by atoms with van der Waals surface area (Å²) in [7, 11) is 0. The Labute approximate surface area is 54.8 Å². The van der Waals surface area contributed by atoms with Gasteiger partial charge in [-0.3, -0.25) is 0 Å². The Morgan fingerprint density at radius 3 is 2.44 bits per heavy atom. The van der Waals surface area contributed by atoms with Crippen molar-refractivity contribution in [3.63, 3.8) is 0 Å². The molecule has 0 unspecified atom stereocenters. The third kappa shape index (κ3) is 1.34. The number of nitrogens with zero attached hydrogens (tertiary/aromatic N) is 1. The highest BCUT2D eigenvalue weighted by molar-refractivity contribution is 5.72. The molecule has 0 atom stereocenters. The van der Waals surface area contributed by atoms with Gasteiger partial charge in [-0.25, -0.2) is 4.79 Å². The number of rotatable bonds is 2. The summed E-state index contributed by atoms with van der Waals surface area (Å²) in [5.74, 6) is 0. The molecule has 52 valence electrons. The molecule has 2 N–H and O–H groups in total. The molecule has 2 amide bonds. The summed E-state index contributed by atoms with van der Waals surface area (Å²) in [6.07, 6.45) is 2.27. The summed E-state index contributed by atoms with van der Waals surface area (Å²) < 4.78 is 0. The van der Waals surface area contributed by atoms with Crippen LogP contribution in [0.2, 0.25) is 0 Å². The van der Waals surface area contributed by atoms with Crippen LogP contribution in [0.4, 0.5) is 4.79 Å². The average molecular weight is 128 g/mol. The second kappa shape index (κ2) is 2.25. The van der Waals surface area contributed by atoms with Crippen LogP contribution in [0, 0.1) is 0 Å². The van der Waals surface area contributed by atoms with E-state index in [4.69, 9.17) is 5.73 Å². The van der Waals surface area contributed by atoms with Crippen LogP contribution in [-0.4, -0.2) is 23.5 Å². The van der Waals surface area contributed by atoms with Crippen molar-refractivity contribution in [1.82, 2.24) is 4.90 Å². The van der Waals surface area contributed by atoms with Gasteiger partial charge in [0.2, 0.25) is 0 Å². The van der Waals surface area contributed by atoms with Crippen molar-refractivity contribution in [2.24, 2.45) is 5.73 Å². The number of carbonyl (C=O) groups is 1. The molecule has 0 saturated heterocycles. The molecule has 0 aromatic rings. The highest BCUT2D eigenvalue weighted by Crippen LogP contribution is 2.25. The van der Waals surface area contributed by atoms with Gasteiger partial charge in [-0.05, 0) is 19.8 Å². The van der Waals surface area contributed by atoms with Crippen LogP contribution >= 0.6 is 0 Å². The highest BCUT2D eigenvalue weighted by Gasteiger charge is 2.29. The molecule has 3 heteroatoms. The minimum absolute atomic E-state index is 0.278. The molecule has 9 heavy (non-hydrogen) atoms. The maximum absolute atomic E-state index is 10.6. The predicted molar refractivity (Wildman–Crippen MR) is 35.0 cm³/mol. The van der Waals surface area contributed by atoms with Crippen LogP contribution in [-0.2, 0) is 0 Å². The second-order valence-corrected chi connectivity index (χ2v) is 2.36. The first-order valence-electron chi connectivity index (χ1n) is 3.31. The molecule has 0 aliphatic heterocycles. The summed E-state index contributed by atoms with van der Waals surface area (Å²) in [4.78, 5) is 12.3. The summed E-state index contributed by atoms with van der Waals surface area (Å²) in [5.41, 5.74) is 5.08. The lowest BCUT2D eigenvalue weighted by Gasteiger charge is -2.16. The molecule has 0 aromatic heterocycles. The molecule has 0 spiro atoms. The fraction of sp³-hybridized carbons (Fsp3) is 0.833. The number of amides is 2. The molecule has 1 aliphatic carbocycles. The molecular weight excluding hydrogens is 116 g/mol. The van der Waals surface area contributed by atoms with Gasteiger partial charge in [-0.2, -0.15) is 0 Å². The Bertz CT molecular complexity index is 120. The number of primary amides is 1. The van der Waals surface area contributed by atoms with Crippen LogP contribution in [0.25, 0.3) is 0 Å². The van der Waals surface area contributed by atoms with Crippen LogP contribution in [0.5, 0.6) is 0 Å². The normalized spacial score (nSPS) is 17.4. The molecule has 1 aliphatic rings. The van der Waals surface area contributed by atoms with Crippen molar-refractivity contribution in [1.29, 1.82) is 0 Å². The number of carbonyl (C=O) groups excluding carboxylic acids is 1. The van der Waals surface area contributed by atoms with E-state index in [9.17, 15) is 4.79 Å². The smallest absolute Gasteiger partial charge is 0.315 e. The number of urea groups is 1. The summed E-state index contributed by atoms with van der Waals surface area (Å²) in [6.45, 7) is 2.70. The lowest BCUT2D eigenvalue weighted by Crippen LogP contribution is -2.37. The standard InChI is InChI=1S/C6H12N2O/c1-2-8(6(7)9)5-3-4-5/h5H,2-4H2,1H3,(H2,7,9). The quantitative estimate of drug-likeness (QED) is 0.580. The van der Waals surface area contributed by atoms with E-state index in [0.717, 1.165) is 19.4 Å². The molecule has 3 nitrogen and oxygen atoms in total. The number of hydrogen-bond donors (Lipinski definition) is 1. The first kappa shape index (κ1) is 6.39. The van der Waals surface area contributed by atoms with E-state index in [2.05, 4.69) is 0 Å². The van der Waals surface area contributed by atoms with Crippen molar-refractivity contribution in [3.8, 4) is 0 Å². The van der Waals surface area contributed by atoms with E-state index >= 15 is 0 Å². The van der Waals surface area contributed by atoms with Gasteiger partial charge in [-0.1, -0.05) is 0 Å². The number of nitrogens with two attached hydrogens (primary N) is 1. The van der Waals surface area contributed by atoms with Gasteiger partial charge < -0.3 is 10.6 Å². The van der Waals surface area contributed by atoms with Crippen molar-refractivity contribution in [3.05, 3.63) is 0 Å². The zero-order valence-corrected chi connectivity index (χ0v) is 5.63. The van der Waals surface area contributed by atoms with E-state index in [1.54, 1.807) is 4.90 Å². The zero-order chi connectivity index (χ0) is 6.85. The topological polar surface area (TPSA) is 46.3 Å². The van der Waals surface area contributed by atoms with Gasteiger partial charge in [-0.15, -0.1) is 0 Å². The fourth-order valence-corrected chi connectivity index (χ4v) is 0.980. The van der Waals surface area contributed by atoms with E-state index in [-0.39, 0.29) is 6.03 Å². The molecule has 1 fully saturated rings.